The summed E-state index contributed by atoms with van der Waals surface area (Å²) in [4.78, 5) is 42.4. The van der Waals surface area contributed by atoms with Crippen molar-refractivity contribution in [3.8, 4) is 0 Å². The van der Waals surface area contributed by atoms with E-state index >= 15 is 0 Å². The Morgan fingerprint density at radius 1 is 1.00 bits per heavy atom. The first-order valence-electron chi connectivity index (χ1n) is 12.6. The molecular formula is C28H37FN4O4. The molecule has 0 aromatic heterocycles. The van der Waals surface area contributed by atoms with E-state index in [1.54, 1.807) is 24.0 Å². The van der Waals surface area contributed by atoms with Crippen molar-refractivity contribution in [3.63, 3.8) is 0 Å². The van der Waals surface area contributed by atoms with Gasteiger partial charge in [-0.05, 0) is 56.5 Å². The third-order valence-corrected chi connectivity index (χ3v) is 6.52. The van der Waals surface area contributed by atoms with E-state index in [1.165, 1.54) is 19.2 Å². The third-order valence-electron chi connectivity index (χ3n) is 6.52. The number of methoxy groups -OCH3 is 1. The molecule has 2 aromatic rings. The number of anilines is 1. The second-order valence-electron chi connectivity index (χ2n) is 10.1. The van der Waals surface area contributed by atoms with Crippen molar-refractivity contribution in [1.29, 1.82) is 0 Å². The van der Waals surface area contributed by atoms with E-state index < -0.39 is 23.5 Å². The number of carbonyl (C=O) groups excluding carboxylic acids is 3. The molecule has 3 rings (SSSR count). The summed E-state index contributed by atoms with van der Waals surface area (Å²) in [7, 11) is 1.30. The van der Waals surface area contributed by atoms with Crippen molar-refractivity contribution in [2.75, 3.05) is 38.2 Å². The van der Waals surface area contributed by atoms with Crippen LogP contribution in [0.1, 0.15) is 32.8 Å². The number of hydrogen-bond acceptors (Lipinski definition) is 5. The van der Waals surface area contributed by atoms with Gasteiger partial charge in [0.25, 0.3) is 0 Å². The van der Waals surface area contributed by atoms with Gasteiger partial charge in [0.1, 0.15) is 11.9 Å². The fourth-order valence-electron chi connectivity index (χ4n) is 4.51. The van der Waals surface area contributed by atoms with E-state index in [0.717, 1.165) is 11.3 Å². The van der Waals surface area contributed by atoms with Gasteiger partial charge in [-0.1, -0.05) is 37.3 Å². The van der Waals surface area contributed by atoms with Gasteiger partial charge in [0, 0.05) is 37.4 Å². The lowest BCUT2D eigenvalue weighted by Crippen LogP contribution is -2.58. The molecule has 8 nitrogen and oxygen atoms in total. The zero-order chi connectivity index (χ0) is 27.0. The van der Waals surface area contributed by atoms with Crippen LogP contribution in [-0.4, -0.2) is 67.7 Å². The van der Waals surface area contributed by atoms with Crippen molar-refractivity contribution >= 4 is 23.6 Å². The number of nitrogens with zero attached hydrogens (tertiary/aromatic N) is 2. The molecule has 2 N–H and O–H groups in total. The van der Waals surface area contributed by atoms with Crippen LogP contribution in [0, 0.1) is 11.7 Å². The smallest absolute Gasteiger partial charge is 0.318 e. The number of urea groups is 1. The van der Waals surface area contributed by atoms with E-state index in [1.807, 2.05) is 44.2 Å². The minimum absolute atomic E-state index is 0.0981. The second-order valence-corrected chi connectivity index (χ2v) is 10.1. The number of nitrogens with one attached hydrogen (secondary N) is 2. The highest BCUT2D eigenvalue weighted by Crippen LogP contribution is 2.18. The molecular weight excluding hydrogens is 475 g/mol. The number of rotatable bonds is 9. The Morgan fingerprint density at radius 3 is 2.22 bits per heavy atom. The normalized spacial score (nSPS) is 15.5. The Kier molecular flexibility index (Phi) is 9.49. The van der Waals surface area contributed by atoms with E-state index in [2.05, 4.69) is 15.5 Å². The molecule has 2 aromatic carbocycles. The summed E-state index contributed by atoms with van der Waals surface area (Å²) in [5.41, 5.74) is 1.30. The number of piperazine rings is 1. The summed E-state index contributed by atoms with van der Waals surface area (Å²) in [6.45, 7) is 7.77. The van der Waals surface area contributed by atoms with E-state index in [4.69, 9.17) is 4.74 Å². The van der Waals surface area contributed by atoms with Gasteiger partial charge >= 0.3 is 12.0 Å². The summed E-state index contributed by atoms with van der Waals surface area (Å²) in [5, 5.41) is 5.84. The molecule has 0 radical (unpaired) electrons. The predicted octanol–water partition coefficient (Wildman–Crippen LogP) is 3.36. The SMILES string of the molecule is COC(=O)[C@@H](C)C[C@H](NC(=O)N1CCN(c2ccccc2)CC1)C(=O)NC(C)(C)Cc1ccc(F)cc1. The van der Waals surface area contributed by atoms with E-state index in [-0.39, 0.29) is 24.2 Å². The highest BCUT2D eigenvalue weighted by Gasteiger charge is 2.32. The van der Waals surface area contributed by atoms with Gasteiger partial charge in [0.05, 0.1) is 13.0 Å². The number of ether oxygens (including phenoxy) is 1. The average Bonchev–Trinajstić information content (AvgIpc) is 2.89. The minimum atomic E-state index is -0.929. The lowest BCUT2D eigenvalue weighted by Gasteiger charge is -2.37. The van der Waals surface area contributed by atoms with Crippen molar-refractivity contribution in [1.82, 2.24) is 15.5 Å². The zero-order valence-electron chi connectivity index (χ0n) is 22.0. The fourth-order valence-corrected chi connectivity index (χ4v) is 4.51. The van der Waals surface area contributed by atoms with Crippen molar-refractivity contribution in [3.05, 3.63) is 66.0 Å². The first kappa shape index (κ1) is 28.0. The molecule has 3 amide bonds. The van der Waals surface area contributed by atoms with Crippen LogP contribution in [0.5, 0.6) is 0 Å². The zero-order valence-corrected chi connectivity index (χ0v) is 22.0. The van der Waals surface area contributed by atoms with Crippen molar-refractivity contribution in [2.45, 2.75) is 45.2 Å². The first-order valence-corrected chi connectivity index (χ1v) is 12.6. The summed E-state index contributed by atoms with van der Waals surface area (Å²) in [6, 6.07) is 14.9. The number of benzene rings is 2. The monoisotopic (exact) mass is 512 g/mol. The topological polar surface area (TPSA) is 91.0 Å². The largest absolute Gasteiger partial charge is 0.469 e. The van der Waals surface area contributed by atoms with Gasteiger partial charge < -0.3 is 25.2 Å². The third kappa shape index (κ3) is 8.20. The molecule has 0 bridgehead atoms. The van der Waals surface area contributed by atoms with Crippen LogP contribution in [0.4, 0.5) is 14.9 Å². The van der Waals surface area contributed by atoms with Crippen molar-refractivity contribution in [2.24, 2.45) is 5.92 Å². The van der Waals surface area contributed by atoms with E-state index in [0.29, 0.717) is 32.6 Å². The molecule has 1 heterocycles. The Balaban J connectivity index is 1.64. The summed E-state index contributed by atoms with van der Waals surface area (Å²) >= 11 is 0. The maximum absolute atomic E-state index is 13.3. The van der Waals surface area contributed by atoms with Gasteiger partial charge in [-0.2, -0.15) is 0 Å². The lowest BCUT2D eigenvalue weighted by atomic mass is 9.93. The van der Waals surface area contributed by atoms with Gasteiger partial charge in [-0.15, -0.1) is 0 Å². The van der Waals surface area contributed by atoms with Crippen LogP contribution < -0.4 is 15.5 Å². The molecule has 0 saturated carbocycles. The van der Waals surface area contributed by atoms with E-state index in [9.17, 15) is 18.8 Å². The highest BCUT2D eigenvalue weighted by atomic mass is 19.1. The van der Waals surface area contributed by atoms with Crippen LogP contribution in [0.2, 0.25) is 0 Å². The van der Waals surface area contributed by atoms with Crippen LogP contribution in [0.25, 0.3) is 0 Å². The fraction of sp³-hybridized carbons (Fsp3) is 0.464. The molecule has 0 unspecified atom stereocenters. The first-order chi connectivity index (χ1) is 17.6. The number of hydrogen-bond donors (Lipinski definition) is 2. The van der Waals surface area contributed by atoms with Crippen molar-refractivity contribution < 1.29 is 23.5 Å². The molecule has 2 atom stereocenters. The molecule has 200 valence electrons. The number of halogens is 1. The Bertz CT molecular complexity index is 1050. The summed E-state index contributed by atoms with van der Waals surface area (Å²) < 4.78 is 18.1. The Labute approximate surface area is 218 Å². The standard InChI is InChI=1S/C28H37FN4O4/c1-20(26(35)37-4)18-24(25(34)31-28(2,3)19-21-10-12-22(29)13-11-21)30-27(36)33-16-14-32(15-17-33)23-8-6-5-7-9-23/h5-13,20,24H,14-19H2,1-4H3,(H,30,36)(H,31,34)/t20-,24-/m0/s1. The van der Waals surface area contributed by atoms with Gasteiger partial charge in [0.2, 0.25) is 5.91 Å². The van der Waals surface area contributed by atoms with Gasteiger partial charge in [0.15, 0.2) is 0 Å². The molecule has 1 aliphatic heterocycles. The lowest BCUT2D eigenvalue weighted by molar-refractivity contribution is -0.145. The van der Waals surface area contributed by atoms with Crippen LogP contribution in [0.15, 0.2) is 54.6 Å². The molecule has 0 spiro atoms. The summed E-state index contributed by atoms with van der Waals surface area (Å²) in [6.07, 6.45) is 0.564. The number of amides is 3. The van der Waals surface area contributed by atoms with Gasteiger partial charge in [-0.25, -0.2) is 9.18 Å². The Morgan fingerprint density at radius 2 is 1.62 bits per heavy atom. The predicted molar refractivity (Wildman–Crippen MR) is 141 cm³/mol. The number of para-hydroxylation sites is 1. The molecule has 37 heavy (non-hydrogen) atoms. The van der Waals surface area contributed by atoms with Crippen LogP contribution in [-0.2, 0) is 20.7 Å². The molecule has 1 saturated heterocycles. The average molecular weight is 513 g/mol. The molecule has 9 heteroatoms. The Hall–Kier alpha value is -3.62. The second kappa shape index (κ2) is 12.6. The molecule has 0 aliphatic carbocycles. The maximum atomic E-state index is 13.3. The minimum Gasteiger partial charge on any atom is -0.469 e. The van der Waals surface area contributed by atoms with Crippen LogP contribution in [0.3, 0.4) is 0 Å². The number of carbonyl (C=O) groups is 3. The highest BCUT2D eigenvalue weighted by molar-refractivity contribution is 5.88. The summed E-state index contributed by atoms with van der Waals surface area (Å²) in [5.74, 6) is -1.75. The van der Waals surface area contributed by atoms with Gasteiger partial charge in [-0.3, -0.25) is 9.59 Å². The number of esters is 1. The molecule has 1 aliphatic rings. The maximum Gasteiger partial charge on any atom is 0.318 e. The molecule has 1 fully saturated rings. The quantitative estimate of drug-likeness (QED) is 0.503. The van der Waals surface area contributed by atoms with Crippen LogP contribution >= 0.6 is 0 Å².